The summed E-state index contributed by atoms with van der Waals surface area (Å²) in [4.78, 5) is 1.87. The monoisotopic (exact) mass is 243 g/mol. The fraction of sp³-hybridized carbons (Fsp3) is 0.636. The van der Waals surface area contributed by atoms with Gasteiger partial charge in [0.1, 0.15) is 6.17 Å². The van der Waals surface area contributed by atoms with E-state index in [9.17, 15) is 4.39 Å². The van der Waals surface area contributed by atoms with Crippen LogP contribution in [0.5, 0.6) is 0 Å². The fourth-order valence-electron chi connectivity index (χ4n) is 2.17. The van der Waals surface area contributed by atoms with Gasteiger partial charge in [0.2, 0.25) is 0 Å². The quantitative estimate of drug-likeness (QED) is 0.800. The Morgan fingerprint density at radius 2 is 2.06 bits per heavy atom. The molecule has 1 heterocycles. The van der Waals surface area contributed by atoms with E-state index in [0.29, 0.717) is 17.4 Å². The lowest BCUT2D eigenvalue weighted by molar-refractivity contribution is 0.213. The first-order chi connectivity index (χ1) is 7.68. The van der Waals surface area contributed by atoms with Crippen LogP contribution in [0.25, 0.3) is 0 Å². The van der Waals surface area contributed by atoms with E-state index >= 15 is 0 Å². The van der Waals surface area contributed by atoms with Crippen LogP contribution in [0.2, 0.25) is 5.15 Å². The molecule has 0 bridgehead atoms. The third kappa shape index (κ3) is 2.43. The highest BCUT2D eigenvalue weighted by atomic mass is 35.5. The lowest BCUT2D eigenvalue weighted by Gasteiger charge is -2.34. The maximum Gasteiger partial charge on any atom is 0.151 e. The summed E-state index contributed by atoms with van der Waals surface area (Å²) in [6.07, 6.45) is 2.82. The summed E-state index contributed by atoms with van der Waals surface area (Å²) in [6, 6.07) is 3.37. The second-order valence-electron chi connectivity index (χ2n) is 4.19. The highest BCUT2D eigenvalue weighted by Crippen LogP contribution is 2.27. The number of aromatic nitrogens is 2. The molecule has 0 saturated heterocycles. The summed E-state index contributed by atoms with van der Waals surface area (Å²) in [5.41, 5.74) is 0. The zero-order chi connectivity index (χ0) is 11.5. The molecule has 88 valence electrons. The van der Waals surface area contributed by atoms with Crippen LogP contribution in [-0.2, 0) is 0 Å². The van der Waals surface area contributed by atoms with Crippen LogP contribution in [0.1, 0.15) is 25.7 Å². The molecule has 5 heteroatoms. The number of anilines is 1. The molecule has 1 aliphatic rings. The summed E-state index contributed by atoms with van der Waals surface area (Å²) in [6.45, 7) is 0. The minimum atomic E-state index is -0.767. The van der Waals surface area contributed by atoms with Crippen LogP contribution in [0, 0.1) is 0 Å². The van der Waals surface area contributed by atoms with Gasteiger partial charge in [-0.1, -0.05) is 24.4 Å². The first kappa shape index (κ1) is 11.6. The van der Waals surface area contributed by atoms with Crippen molar-refractivity contribution in [1.82, 2.24) is 10.2 Å². The molecule has 0 spiro atoms. The Kier molecular flexibility index (Phi) is 3.59. The Bertz CT molecular complexity index is 344. The van der Waals surface area contributed by atoms with E-state index in [1.54, 1.807) is 12.1 Å². The Morgan fingerprint density at radius 1 is 1.31 bits per heavy atom. The maximum atomic E-state index is 13.7. The molecular formula is C11H15ClFN3. The number of rotatable bonds is 2. The fourth-order valence-corrected chi connectivity index (χ4v) is 2.27. The van der Waals surface area contributed by atoms with Crippen molar-refractivity contribution in [1.29, 1.82) is 0 Å². The van der Waals surface area contributed by atoms with Gasteiger partial charge in [0.25, 0.3) is 0 Å². The molecule has 1 aromatic rings. The van der Waals surface area contributed by atoms with Gasteiger partial charge in [0.05, 0.1) is 6.04 Å². The molecule has 1 aromatic heterocycles. The number of hydrogen-bond acceptors (Lipinski definition) is 3. The molecule has 1 fully saturated rings. The summed E-state index contributed by atoms with van der Waals surface area (Å²) in [7, 11) is 1.86. The molecule has 0 radical (unpaired) electrons. The van der Waals surface area contributed by atoms with Crippen molar-refractivity contribution in [3.63, 3.8) is 0 Å². The van der Waals surface area contributed by atoms with Gasteiger partial charge in [-0.25, -0.2) is 4.39 Å². The second-order valence-corrected chi connectivity index (χ2v) is 4.58. The zero-order valence-corrected chi connectivity index (χ0v) is 9.99. The third-order valence-electron chi connectivity index (χ3n) is 3.12. The van der Waals surface area contributed by atoms with Gasteiger partial charge in [0, 0.05) is 7.05 Å². The number of alkyl halides is 1. The number of hydrogen-bond donors (Lipinski definition) is 0. The Labute approximate surface area is 99.6 Å². The maximum absolute atomic E-state index is 13.7. The van der Waals surface area contributed by atoms with Crippen LogP contribution < -0.4 is 4.90 Å². The van der Waals surface area contributed by atoms with E-state index < -0.39 is 6.17 Å². The Morgan fingerprint density at radius 3 is 2.69 bits per heavy atom. The average molecular weight is 244 g/mol. The smallest absolute Gasteiger partial charge is 0.151 e. The van der Waals surface area contributed by atoms with Crippen molar-refractivity contribution in [3.8, 4) is 0 Å². The molecule has 1 saturated carbocycles. The first-order valence-corrected chi connectivity index (χ1v) is 5.92. The van der Waals surface area contributed by atoms with Gasteiger partial charge in [0.15, 0.2) is 11.0 Å². The topological polar surface area (TPSA) is 29.0 Å². The average Bonchev–Trinajstić information content (AvgIpc) is 2.30. The van der Waals surface area contributed by atoms with Gasteiger partial charge in [-0.3, -0.25) is 0 Å². The molecule has 0 N–H and O–H groups in total. The first-order valence-electron chi connectivity index (χ1n) is 5.54. The van der Waals surface area contributed by atoms with E-state index in [1.807, 2.05) is 11.9 Å². The standard InChI is InChI=1S/C11H15ClFN3/c1-16(9-5-3-2-4-8(9)13)11-7-6-10(12)14-15-11/h6-9H,2-5H2,1H3/t8-,9+/m0/s1. The van der Waals surface area contributed by atoms with Crippen molar-refractivity contribution in [2.45, 2.75) is 37.9 Å². The molecule has 2 rings (SSSR count). The summed E-state index contributed by atoms with van der Waals surface area (Å²) < 4.78 is 13.7. The van der Waals surface area contributed by atoms with Crippen molar-refractivity contribution >= 4 is 17.4 Å². The third-order valence-corrected chi connectivity index (χ3v) is 3.33. The van der Waals surface area contributed by atoms with Gasteiger partial charge in [-0.15, -0.1) is 10.2 Å². The SMILES string of the molecule is CN(c1ccc(Cl)nn1)[C@@H]1CCCC[C@@H]1F. The van der Waals surface area contributed by atoms with Crippen molar-refractivity contribution < 1.29 is 4.39 Å². The lowest BCUT2D eigenvalue weighted by Crippen LogP contribution is -2.41. The van der Waals surface area contributed by atoms with E-state index in [-0.39, 0.29) is 6.04 Å². The van der Waals surface area contributed by atoms with E-state index in [0.717, 1.165) is 19.3 Å². The number of halogens is 2. The van der Waals surface area contributed by atoms with Crippen LogP contribution in [0.4, 0.5) is 10.2 Å². The highest BCUT2D eigenvalue weighted by molar-refractivity contribution is 6.29. The minimum absolute atomic E-state index is 0.0794. The predicted molar refractivity (Wildman–Crippen MR) is 62.6 cm³/mol. The van der Waals surface area contributed by atoms with Crippen LogP contribution in [0.15, 0.2) is 12.1 Å². The molecule has 1 aliphatic carbocycles. The molecule has 16 heavy (non-hydrogen) atoms. The van der Waals surface area contributed by atoms with E-state index in [4.69, 9.17) is 11.6 Å². The molecule has 0 amide bonds. The van der Waals surface area contributed by atoms with E-state index in [1.165, 1.54) is 0 Å². The lowest BCUT2D eigenvalue weighted by atomic mass is 9.92. The van der Waals surface area contributed by atoms with Gasteiger partial charge < -0.3 is 4.90 Å². The van der Waals surface area contributed by atoms with Crippen molar-refractivity contribution in [3.05, 3.63) is 17.3 Å². The highest BCUT2D eigenvalue weighted by Gasteiger charge is 2.28. The molecular weight excluding hydrogens is 229 g/mol. The van der Waals surface area contributed by atoms with Crippen LogP contribution in [-0.4, -0.2) is 29.5 Å². The molecule has 0 unspecified atom stereocenters. The van der Waals surface area contributed by atoms with Gasteiger partial charge in [-0.2, -0.15) is 0 Å². The molecule has 3 nitrogen and oxygen atoms in total. The second kappa shape index (κ2) is 4.95. The summed E-state index contributed by atoms with van der Waals surface area (Å²) in [5.74, 6) is 0.680. The normalized spacial score (nSPS) is 25.4. The molecule has 0 aromatic carbocycles. The van der Waals surface area contributed by atoms with E-state index in [2.05, 4.69) is 10.2 Å². The number of nitrogens with zero attached hydrogens (tertiary/aromatic N) is 3. The van der Waals surface area contributed by atoms with Crippen molar-refractivity contribution in [2.24, 2.45) is 0 Å². The molecule has 2 atom stereocenters. The van der Waals surface area contributed by atoms with Crippen LogP contribution in [0.3, 0.4) is 0 Å². The Balaban J connectivity index is 2.11. The van der Waals surface area contributed by atoms with Crippen LogP contribution >= 0.6 is 11.6 Å². The largest absolute Gasteiger partial charge is 0.352 e. The van der Waals surface area contributed by atoms with Gasteiger partial charge in [-0.05, 0) is 25.0 Å². The minimum Gasteiger partial charge on any atom is -0.352 e. The molecule has 0 aliphatic heterocycles. The predicted octanol–water partition coefficient (Wildman–Crippen LogP) is 2.85. The summed E-state index contributed by atoms with van der Waals surface area (Å²) in [5, 5.41) is 8.10. The van der Waals surface area contributed by atoms with Crippen molar-refractivity contribution in [2.75, 3.05) is 11.9 Å². The van der Waals surface area contributed by atoms with Gasteiger partial charge >= 0.3 is 0 Å². The Hall–Kier alpha value is -0.900. The zero-order valence-electron chi connectivity index (χ0n) is 9.24. The summed E-state index contributed by atoms with van der Waals surface area (Å²) >= 11 is 5.66.